The first kappa shape index (κ1) is 17.6. The summed E-state index contributed by atoms with van der Waals surface area (Å²) in [6.07, 6.45) is -0.340. The molecule has 2 aromatic carbocycles. The van der Waals surface area contributed by atoms with Gasteiger partial charge in [-0.25, -0.2) is 4.79 Å². The molecule has 1 amide bonds. The third-order valence-corrected chi connectivity index (χ3v) is 3.66. The Kier molecular flexibility index (Phi) is 5.58. The molecule has 0 saturated heterocycles. The first-order valence-electron chi connectivity index (χ1n) is 8.23. The van der Waals surface area contributed by atoms with Gasteiger partial charge in [0.25, 0.3) is 5.91 Å². The van der Waals surface area contributed by atoms with E-state index < -0.39 is 24.6 Å². The summed E-state index contributed by atoms with van der Waals surface area (Å²) >= 11 is 0. The summed E-state index contributed by atoms with van der Waals surface area (Å²) < 4.78 is 21.1. The summed E-state index contributed by atoms with van der Waals surface area (Å²) in [5.74, 6) is 0.713. The van der Waals surface area contributed by atoms with Crippen molar-refractivity contribution < 1.29 is 28.5 Å². The molecule has 0 aliphatic carbocycles. The number of carbonyl (C=O) groups excluding carboxylic acids is 2. The largest absolute Gasteiger partial charge is 0.479 e. The molecule has 0 radical (unpaired) electrons. The van der Waals surface area contributed by atoms with E-state index in [9.17, 15) is 9.59 Å². The molecule has 0 fully saturated rings. The molecular formula is C19H19NO6. The average Bonchev–Trinajstić information content (AvgIpc) is 3.13. The van der Waals surface area contributed by atoms with Crippen molar-refractivity contribution in [2.24, 2.45) is 0 Å². The predicted octanol–water partition coefficient (Wildman–Crippen LogP) is 2.75. The molecule has 0 saturated carbocycles. The van der Waals surface area contributed by atoms with E-state index in [1.54, 1.807) is 30.3 Å². The lowest BCUT2D eigenvalue weighted by Gasteiger charge is -2.16. The maximum atomic E-state index is 12.1. The van der Waals surface area contributed by atoms with E-state index in [0.29, 0.717) is 29.4 Å². The third-order valence-electron chi connectivity index (χ3n) is 3.66. The molecule has 1 atom stereocenters. The minimum atomic E-state index is -0.768. The number of esters is 1. The van der Waals surface area contributed by atoms with Crippen LogP contribution in [0.15, 0.2) is 48.5 Å². The van der Waals surface area contributed by atoms with Crippen LogP contribution in [0.1, 0.15) is 13.3 Å². The SMILES string of the molecule is CC[C@@H](Oc1ccccc1)C(=O)OCC(=O)Nc1ccc2c(c1)OCO2. The van der Waals surface area contributed by atoms with Crippen LogP contribution >= 0.6 is 0 Å². The van der Waals surface area contributed by atoms with Crippen molar-refractivity contribution in [3.63, 3.8) is 0 Å². The molecule has 0 spiro atoms. The van der Waals surface area contributed by atoms with Gasteiger partial charge in [-0.05, 0) is 30.7 Å². The standard InChI is InChI=1S/C19H19NO6/c1-2-15(26-14-6-4-3-5-7-14)19(22)23-11-18(21)20-13-8-9-16-17(10-13)25-12-24-16/h3-10,15H,2,11-12H2,1H3,(H,20,21)/t15-/m1/s1. The second kappa shape index (κ2) is 8.24. The fraction of sp³-hybridized carbons (Fsp3) is 0.263. The number of hydrogen-bond donors (Lipinski definition) is 1. The van der Waals surface area contributed by atoms with Crippen LogP contribution in [-0.4, -0.2) is 31.4 Å². The van der Waals surface area contributed by atoms with Crippen LogP contribution in [0, 0.1) is 0 Å². The first-order chi connectivity index (χ1) is 12.7. The van der Waals surface area contributed by atoms with Gasteiger partial charge in [-0.2, -0.15) is 0 Å². The van der Waals surface area contributed by atoms with Crippen LogP contribution < -0.4 is 19.5 Å². The van der Waals surface area contributed by atoms with Gasteiger partial charge in [0, 0.05) is 11.8 Å². The van der Waals surface area contributed by atoms with Crippen LogP contribution in [0.3, 0.4) is 0 Å². The summed E-state index contributed by atoms with van der Waals surface area (Å²) in [5, 5.41) is 2.64. The molecule has 7 heteroatoms. The molecular weight excluding hydrogens is 338 g/mol. The lowest BCUT2D eigenvalue weighted by Crippen LogP contribution is -2.31. The molecule has 2 aromatic rings. The van der Waals surface area contributed by atoms with Gasteiger partial charge in [0.05, 0.1) is 0 Å². The Bertz CT molecular complexity index is 777. The van der Waals surface area contributed by atoms with Crippen LogP contribution in [0.4, 0.5) is 5.69 Å². The van der Waals surface area contributed by atoms with Gasteiger partial charge in [-0.15, -0.1) is 0 Å². The van der Waals surface area contributed by atoms with E-state index in [1.807, 2.05) is 25.1 Å². The zero-order valence-electron chi connectivity index (χ0n) is 14.3. The number of anilines is 1. The first-order valence-corrected chi connectivity index (χ1v) is 8.23. The molecule has 1 heterocycles. The molecule has 0 unspecified atom stereocenters. The van der Waals surface area contributed by atoms with Crippen molar-refractivity contribution in [3.8, 4) is 17.2 Å². The predicted molar refractivity (Wildman–Crippen MR) is 93.3 cm³/mol. The summed E-state index contributed by atoms with van der Waals surface area (Å²) in [6, 6.07) is 14.0. The minimum Gasteiger partial charge on any atom is -0.479 e. The Morgan fingerprint density at radius 3 is 2.65 bits per heavy atom. The van der Waals surface area contributed by atoms with Crippen molar-refractivity contribution in [1.82, 2.24) is 0 Å². The number of hydrogen-bond acceptors (Lipinski definition) is 6. The van der Waals surface area contributed by atoms with E-state index in [1.165, 1.54) is 0 Å². The topological polar surface area (TPSA) is 83.1 Å². The lowest BCUT2D eigenvalue weighted by molar-refractivity contribution is -0.154. The van der Waals surface area contributed by atoms with Crippen LogP contribution in [0.25, 0.3) is 0 Å². The van der Waals surface area contributed by atoms with Crippen molar-refractivity contribution in [2.45, 2.75) is 19.4 Å². The monoisotopic (exact) mass is 357 g/mol. The number of carbonyl (C=O) groups is 2. The highest BCUT2D eigenvalue weighted by Crippen LogP contribution is 2.34. The highest BCUT2D eigenvalue weighted by Gasteiger charge is 2.21. The maximum absolute atomic E-state index is 12.1. The second-order valence-corrected chi connectivity index (χ2v) is 5.55. The Labute approximate surface area is 150 Å². The lowest BCUT2D eigenvalue weighted by atomic mass is 10.2. The smallest absolute Gasteiger partial charge is 0.347 e. The number of para-hydroxylation sites is 1. The maximum Gasteiger partial charge on any atom is 0.347 e. The number of rotatable bonds is 7. The van der Waals surface area contributed by atoms with Crippen molar-refractivity contribution in [3.05, 3.63) is 48.5 Å². The molecule has 1 N–H and O–H groups in total. The zero-order chi connectivity index (χ0) is 18.4. The Morgan fingerprint density at radius 2 is 1.88 bits per heavy atom. The summed E-state index contributed by atoms with van der Waals surface area (Å²) in [4.78, 5) is 24.1. The van der Waals surface area contributed by atoms with E-state index >= 15 is 0 Å². The van der Waals surface area contributed by atoms with Crippen molar-refractivity contribution in [2.75, 3.05) is 18.7 Å². The molecule has 1 aliphatic rings. The number of ether oxygens (including phenoxy) is 4. The number of fused-ring (bicyclic) bond motifs is 1. The highest BCUT2D eigenvalue weighted by molar-refractivity contribution is 5.93. The average molecular weight is 357 g/mol. The second-order valence-electron chi connectivity index (χ2n) is 5.55. The van der Waals surface area contributed by atoms with Crippen LogP contribution in [0.2, 0.25) is 0 Å². The molecule has 26 heavy (non-hydrogen) atoms. The summed E-state index contributed by atoms with van der Waals surface area (Å²) in [6.45, 7) is 1.56. The van der Waals surface area contributed by atoms with E-state index in [2.05, 4.69) is 5.32 Å². The highest BCUT2D eigenvalue weighted by atomic mass is 16.7. The quantitative estimate of drug-likeness (QED) is 0.767. The van der Waals surface area contributed by atoms with Gasteiger partial charge in [-0.3, -0.25) is 4.79 Å². The van der Waals surface area contributed by atoms with E-state index in [0.717, 1.165) is 0 Å². The van der Waals surface area contributed by atoms with Crippen LogP contribution in [-0.2, 0) is 14.3 Å². The van der Waals surface area contributed by atoms with Gasteiger partial charge in [0.15, 0.2) is 24.2 Å². The normalized spacial score (nSPS) is 13.0. The molecule has 1 aliphatic heterocycles. The molecule has 3 rings (SSSR count). The van der Waals surface area contributed by atoms with Crippen LogP contribution in [0.5, 0.6) is 17.2 Å². The third kappa shape index (κ3) is 4.44. The van der Waals surface area contributed by atoms with E-state index in [4.69, 9.17) is 18.9 Å². The van der Waals surface area contributed by atoms with Gasteiger partial charge < -0.3 is 24.3 Å². The molecule has 136 valence electrons. The number of nitrogens with one attached hydrogen (secondary N) is 1. The fourth-order valence-corrected chi connectivity index (χ4v) is 2.36. The van der Waals surface area contributed by atoms with Crippen molar-refractivity contribution >= 4 is 17.6 Å². The van der Waals surface area contributed by atoms with Gasteiger partial charge in [-0.1, -0.05) is 25.1 Å². The number of amides is 1. The van der Waals surface area contributed by atoms with Gasteiger partial charge >= 0.3 is 5.97 Å². The Balaban J connectivity index is 1.49. The summed E-state index contributed by atoms with van der Waals surface area (Å²) in [7, 11) is 0. The summed E-state index contributed by atoms with van der Waals surface area (Å²) in [5.41, 5.74) is 0.530. The fourth-order valence-electron chi connectivity index (χ4n) is 2.36. The van der Waals surface area contributed by atoms with Crippen molar-refractivity contribution in [1.29, 1.82) is 0 Å². The van der Waals surface area contributed by atoms with E-state index in [-0.39, 0.29) is 6.79 Å². The Morgan fingerprint density at radius 1 is 1.12 bits per heavy atom. The molecule has 0 aromatic heterocycles. The van der Waals surface area contributed by atoms with Gasteiger partial charge in [0.1, 0.15) is 5.75 Å². The Hall–Kier alpha value is -3.22. The molecule has 7 nitrogen and oxygen atoms in total. The zero-order valence-corrected chi connectivity index (χ0v) is 14.3. The van der Waals surface area contributed by atoms with Gasteiger partial charge in [0.2, 0.25) is 6.79 Å². The minimum absolute atomic E-state index is 0.157. The molecule has 0 bridgehead atoms. The number of benzene rings is 2.